The molecule has 2 heterocycles. The summed E-state index contributed by atoms with van der Waals surface area (Å²) in [4.78, 5) is 4.28. The van der Waals surface area contributed by atoms with Gasteiger partial charge in [-0.2, -0.15) is 0 Å². The van der Waals surface area contributed by atoms with Gasteiger partial charge in [-0.15, -0.1) is 0 Å². The summed E-state index contributed by atoms with van der Waals surface area (Å²) in [5, 5.41) is 10.1. The summed E-state index contributed by atoms with van der Waals surface area (Å²) in [5.74, 6) is 1.52. The molecule has 1 N–H and O–H groups in total. The monoisotopic (exact) mass is 245 g/mol. The van der Waals surface area contributed by atoms with Crippen LogP contribution in [0, 0.1) is 5.92 Å². The molecule has 0 fully saturated rings. The van der Waals surface area contributed by atoms with Crippen LogP contribution in [0.2, 0.25) is 0 Å². The van der Waals surface area contributed by atoms with E-state index >= 15 is 0 Å². The van der Waals surface area contributed by atoms with Gasteiger partial charge >= 0.3 is 0 Å². The van der Waals surface area contributed by atoms with Gasteiger partial charge in [0.05, 0.1) is 5.56 Å². The third-order valence-corrected chi connectivity index (χ3v) is 4.08. The fourth-order valence-electron chi connectivity index (χ4n) is 3.13. The SMILES string of the molecule is CC1CCC2=C(C1)c1c(O)ccnc1OC2(C)C. The first-order chi connectivity index (χ1) is 8.49. The molecule has 3 nitrogen and oxygen atoms in total. The Morgan fingerprint density at radius 2 is 2.22 bits per heavy atom. The van der Waals surface area contributed by atoms with Crippen molar-refractivity contribution < 1.29 is 9.84 Å². The third-order valence-electron chi connectivity index (χ3n) is 4.08. The zero-order valence-corrected chi connectivity index (χ0v) is 11.2. The number of allylic oxidation sites excluding steroid dienone is 1. The standard InChI is InChI=1S/C15H19NO2/c1-9-4-5-11-10(8-9)13-12(17)6-7-16-14(13)18-15(11,2)3/h6-7,9H,4-5,8H2,1-3H3,(H,16,17). The average molecular weight is 245 g/mol. The second kappa shape index (κ2) is 3.74. The topological polar surface area (TPSA) is 42.4 Å². The van der Waals surface area contributed by atoms with Gasteiger partial charge in [0.15, 0.2) is 0 Å². The second-order valence-corrected chi connectivity index (χ2v) is 5.93. The highest BCUT2D eigenvalue weighted by Crippen LogP contribution is 2.49. The predicted octanol–water partition coefficient (Wildman–Crippen LogP) is 3.53. The van der Waals surface area contributed by atoms with Gasteiger partial charge in [0.2, 0.25) is 5.88 Å². The number of hydrogen-bond acceptors (Lipinski definition) is 3. The van der Waals surface area contributed by atoms with Gasteiger partial charge in [-0.25, -0.2) is 4.98 Å². The molecule has 2 aliphatic rings. The molecule has 1 aromatic rings. The first-order valence-electron chi connectivity index (χ1n) is 6.59. The number of ether oxygens (including phenoxy) is 1. The van der Waals surface area contributed by atoms with Gasteiger partial charge in [0.1, 0.15) is 11.4 Å². The molecule has 0 bridgehead atoms. The molecule has 0 saturated heterocycles. The number of aromatic hydroxyl groups is 1. The molecule has 3 heteroatoms. The minimum absolute atomic E-state index is 0.289. The van der Waals surface area contributed by atoms with E-state index in [1.54, 1.807) is 12.3 Å². The average Bonchev–Trinajstić information content (AvgIpc) is 2.27. The lowest BCUT2D eigenvalue weighted by Gasteiger charge is -2.40. The summed E-state index contributed by atoms with van der Waals surface area (Å²) in [6, 6.07) is 1.64. The summed E-state index contributed by atoms with van der Waals surface area (Å²) in [6.07, 6.45) is 4.86. The lowest BCUT2D eigenvalue weighted by molar-refractivity contribution is 0.128. The zero-order valence-electron chi connectivity index (χ0n) is 11.2. The summed E-state index contributed by atoms with van der Waals surface area (Å²) in [6.45, 7) is 6.44. The molecule has 0 amide bonds. The van der Waals surface area contributed by atoms with E-state index in [1.807, 2.05) is 0 Å². The number of aromatic nitrogens is 1. The van der Waals surface area contributed by atoms with Crippen LogP contribution in [0.25, 0.3) is 5.57 Å². The highest BCUT2D eigenvalue weighted by molar-refractivity contribution is 5.79. The fraction of sp³-hybridized carbons (Fsp3) is 0.533. The molecule has 18 heavy (non-hydrogen) atoms. The van der Waals surface area contributed by atoms with Crippen molar-refractivity contribution in [3.63, 3.8) is 0 Å². The summed E-state index contributed by atoms with van der Waals surface area (Å²) < 4.78 is 5.98. The Kier molecular flexibility index (Phi) is 2.40. The van der Waals surface area contributed by atoms with Crippen LogP contribution in [0.1, 0.15) is 45.6 Å². The van der Waals surface area contributed by atoms with Crippen LogP contribution in [-0.4, -0.2) is 15.7 Å². The molecule has 1 aromatic heterocycles. The highest BCUT2D eigenvalue weighted by atomic mass is 16.5. The molecule has 1 unspecified atom stereocenters. The maximum Gasteiger partial charge on any atom is 0.225 e. The first kappa shape index (κ1) is 11.6. The fourth-order valence-corrected chi connectivity index (χ4v) is 3.13. The summed E-state index contributed by atoms with van der Waals surface area (Å²) >= 11 is 0. The predicted molar refractivity (Wildman–Crippen MR) is 70.5 cm³/mol. The van der Waals surface area contributed by atoms with Gasteiger partial charge < -0.3 is 9.84 Å². The van der Waals surface area contributed by atoms with Crippen LogP contribution in [-0.2, 0) is 0 Å². The van der Waals surface area contributed by atoms with Gasteiger partial charge in [0, 0.05) is 6.20 Å². The van der Waals surface area contributed by atoms with Crippen molar-refractivity contribution in [3.8, 4) is 11.6 Å². The first-order valence-corrected chi connectivity index (χ1v) is 6.59. The normalized spacial score (nSPS) is 25.2. The number of hydrogen-bond donors (Lipinski definition) is 1. The number of nitrogens with zero attached hydrogens (tertiary/aromatic N) is 1. The van der Waals surface area contributed by atoms with E-state index in [1.165, 1.54) is 17.6 Å². The van der Waals surface area contributed by atoms with E-state index in [4.69, 9.17) is 4.74 Å². The number of pyridine rings is 1. The molecule has 0 saturated carbocycles. The van der Waals surface area contributed by atoms with Gasteiger partial charge in [0.25, 0.3) is 0 Å². The zero-order chi connectivity index (χ0) is 12.9. The lowest BCUT2D eigenvalue weighted by atomic mass is 9.75. The number of rotatable bonds is 0. The van der Waals surface area contributed by atoms with Gasteiger partial charge in [-0.1, -0.05) is 6.92 Å². The Morgan fingerprint density at radius 1 is 1.44 bits per heavy atom. The van der Waals surface area contributed by atoms with E-state index in [9.17, 15) is 5.11 Å². The maximum absolute atomic E-state index is 10.1. The molecular formula is C15H19NO2. The van der Waals surface area contributed by atoms with E-state index in [2.05, 4.69) is 25.8 Å². The van der Waals surface area contributed by atoms with Crippen LogP contribution >= 0.6 is 0 Å². The van der Waals surface area contributed by atoms with Crippen LogP contribution in [0.4, 0.5) is 0 Å². The largest absolute Gasteiger partial charge is 0.507 e. The molecule has 0 aromatic carbocycles. The smallest absolute Gasteiger partial charge is 0.225 e. The van der Waals surface area contributed by atoms with Crippen LogP contribution in [0.3, 0.4) is 0 Å². The Labute approximate surface area is 108 Å². The van der Waals surface area contributed by atoms with E-state index < -0.39 is 0 Å². The second-order valence-electron chi connectivity index (χ2n) is 5.93. The van der Waals surface area contributed by atoms with Crippen molar-refractivity contribution in [2.24, 2.45) is 5.92 Å². The third kappa shape index (κ3) is 1.61. The minimum Gasteiger partial charge on any atom is -0.507 e. The van der Waals surface area contributed by atoms with Crippen LogP contribution < -0.4 is 4.74 Å². The van der Waals surface area contributed by atoms with Crippen molar-refractivity contribution >= 4 is 5.57 Å². The summed E-state index contributed by atoms with van der Waals surface area (Å²) in [5.41, 5.74) is 3.10. The Bertz CT molecular complexity index is 531. The highest BCUT2D eigenvalue weighted by Gasteiger charge is 2.38. The molecule has 1 aliphatic carbocycles. The molecule has 96 valence electrons. The van der Waals surface area contributed by atoms with Crippen LogP contribution in [0.15, 0.2) is 17.8 Å². The van der Waals surface area contributed by atoms with Crippen molar-refractivity contribution in [2.45, 2.75) is 45.6 Å². The number of fused-ring (bicyclic) bond motifs is 2. The molecular weight excluding hydrogens is 226 g/mol. The van der Waals surface area contributed by atoms with Gasteiger partial charge in [-0.05, 0) is 56.2 Å². The summed E-state index contributed by atoms with van der Waals surface area (Å²) in [7, 11) is 0. The van der Waals surface area contributed by atoms with Crippen molar-refractivity contribution in [3.05, 3.63) is 23.4 Å². The Morgan fingerprint density at radius 3 is 3.00 bits per heavy atom. The maximum atomic E-state index is 10.1. The Balaban J connectivity index is 2.23. The molecule has 1 aliphatic heterocycles. The molecule has 3 rings (SSSR count). The van der Waals surface area contributed by atoms with E-state index in [-0.39, 0.29) is 11.4 Å². The van der Waals surface area contributed by atoms with Gasteiger partial charge in [-0.3, -0.25) is 0 Å². The lowest BCUT2D eigenvalue weighted by Crippen LogP contribution is -2.37. The Hall–Kier alpha value is -1.51. The van der Waals surface area contributed by atoms with E-state index in [0.717, 1.165) is 18.4 Å². The molecule has 0 spiro atoms. The minimum atomic E-state index is -0.302. The van der Waals surface area contributed by atoms with E-state index in [0.29, 0.717) is 11.8 Å². The quantitative estimate of drug-likeness (QED) is 0.760. The molecule has 0 radical (unpaired) electrons. The van der Waals surface area contributed by atoms with Crippen molar-refractivity contribution in [1.29, 1.82) is 0 Å². The van der Waals surface area contributed by atoms with Crippen molar-refractivity contribution in [1.82, 2.24) is 4.98 Å². The van der Waals surface area contributed by atoms with Crippen LogP contribution in [0.5, 0.6) is 11.6 Å². The molecule has 1 atom stereocenters. The van der Waals surface area contributed by atoms with Crippen molar-refractivity contribution in [2.75, 3.05) is 0 Å².